The third kappa shape index (κ3) is 4.07. The third-order valence-corrected chi connectivity index (χ3v) is 3.03. The minimum absolute atomic E-state index is 0.494. The first-order valence-electron chi connectivity index (χ1n) is 5.80. The standard InChI is InChI=1S/C16H12BrO2/c17-15-8-9-16(14(11-15)7-4-10-18)19-12-13-5-2-1-3-6-13/h1-9,11H,12H2. The molecule has 0 amide bonds. The molecule has 0 aromatic heterocycles. The van der Waals surface area contributed by atoms with Crippen LogP contribution < -0.4 is 4.74 Å². The van der Waals surface area contributed by atoms with Crippen LogP contribution in [0.25, 0.3) is 6.08 Å². The van der Waals surface area contributed by atoms with Gasteiger partial charge in [-0.15, -0.1) is 0 Å². The van der Waals surface area contributed by atoms with Crippen molar-refractivity contribution < 1.29 is 9.53 Å². The highest BCUT2D eigenvalue weighted by Crippen LogP contribution is 2.25. The number of allylic oxidation sites excluding steroid dienone is 1. The molecule has 0 spiro atoms. The van der Waals surface area contributed by atoms with Gasteiger partial charge in [0.1, 0.15) is 12.4 Å². The maximum atomic E-state index is 10.3. The van der Waals surface area contributed by atoms with Gasteiger partial charge in [-0.2, -0.15) is 0 Å². The van der Waals surface area contributed by atoms with Crippen LogP contribution in [0.1, 0.15) is 11.1 Å². The molecule has 0 saturated heterocycles. The molecule has 0 bridgehead atoms. The van der Waals surface area contributed by atoms with Crippen molar-refractivity contribution in [3.8, 4) is 5.75 Å². The van der Waals surface area contributed by atoms with Crippen LogP contribution in [-0.4, -0.2) is 6.29 Å². The van der Waals surface area contributed by atoms with Gasteiger partial charge < -0.3 is 4.74 Å². The van der Waals surface area contributed by atoms with Crippen LogP contribution >= 0.6 is 15.9 Å². The number of rotatable bonds is 5. The Hall–Kier alpha value is -1.87. The Morgan fingerprint density at radius 2 is 1.95 bits per heavy atom. The molecular formula is C16H12BrO2. The van der Waals surface area contributed by atoms with E-state index in [9.17, 15) is 4.79 Å². The SMILES string of the molecule is O=[C]C=Cc1cc(Br)ccc1OCc1ccccc1. The number of hydrogen-bond acceptors (Lipinski definition) is 2. The van der Waals surface area contributed by atoms with E-state index in [1.54, 1.807) is 12.4 Å². The predicted molar refractivity (Wildman–Crippen MR) is 79.6 cm³/mol. The zero-order chi connectivity index (χ0) is 13.5. The molecule has 19 heavy (non-hydrogen) atoms. The average Bonchev–Trinajstić information content (AvgIpc) is 2.45. The Labute approximate surface area is 120 Å². The summed E-state index contributed by atoms with van der Waals surface area (Å²) >= 11 is 3.40. The van der Waals surface area contributed by atoms with Crippen molar-refractivity contribution in [2.24, 2.45) is 0 Å². The van der Waals surface area contributed by atoms with Crippen LogP contribution in [0.3, 0.4) is 0 Å². The molecule has 0 atom stereocenters. The molecule has 95 valence electrons. The molecule has 2 aromatic rings. The summed E-state index contributed by atoms with van der Waals surface area (Å²) in [6, 6.07) is 15.6. The maximum Gasteiger partial charge on any atom is 0.225 e. The lowest BCUT2D eigenvalue weighted by atomic mass is 10.2. The lowest BCUT2D eigenvalue weighted by Gasteiger charge is -2.09. The van der Waals surface area contributed by atoms with E-state index in [4.69, 9.17) is 4.74 Å². The largest absolute Gasteiger partial charge is 0.488 e. The molecule has 0 aliphatic rings. The van der Waals surface area contributed by atoms with E-state index in [0.29, 0.717) is 6.61 Å². The van der Waals surface area contributed by atoms with Gasteiger partial charge in [0.15, 0.2) is 0 Å². The monoisotopic (exact) mass is 315 g/mol. The molecule has 1 radical (unpaired) electrons. The van der Waals surface area contributed by atoms with E-state index in [1.165, 1.54) is 6.08 Å². The van der Waals surface area contributed by atoms with Crippen molar-refractivity contribution in [1.29, 1.82) is 0 Å². The average molecular weight is 316 g/mol. The summed E-state index contributed by atoms with van der Waals surface area (Å²) in [5, 5.41) is 0. The zero-order valence-corrected chi connectivity index (χ0v) is 11.8. The van der Waals surface area contributed by atoms with Crippen LogP contribution in [-0.2, 0) is 11.4 Å². The summed E-state index contributed by atoms with van der Waals surface area (Å²) in [6.45, 7) is 0.494. The Morgan fingerprint density at radius 3 is 2.68 bits per heavy atom. The fraction of sp³-hybridized carbons (Fsp3) is 0.0625. The molecule has 2 aromatic carbocycles. The second-order valence-electron chi connectivity index (χ2n) is 3.91. The van der Waals surface area contributed by atoms with Crippen LogP contribution in [0.15, 0.2) is 59.1 Å². The predicted octanol–water partition coefficient (Wildman–Crippen LogP) is 4.15. The van der Waals surface area contributed by atoms with Gasteiger partial charge in [-0.05, 0) is 35.9 Å². The van der Waals surface area contributed by atoms with E-state index < -0.39 is 0 Å². The Morgan fingerprint density at radius 1 is 1.16 bits per heavy atom. The molecule has 0 aliphatic carbocycles. The molecule has 0 saturated carbocycles. The second kappa shape index (κ2) is 6.90. The number of hydrogen-bond donors (Lipinski definition) is 0. The van der Waals surface area contributed by atoms with Crippen LogP contribution in [0.4, 0.5) is 0 Å². The maximum absolute atomic E-state index is 10.3. The van der Waals surface area contributed by atoms with Crippen molar-refractivity contribution in [3.05, 3.63) is 70.2 Å². The molecule has 0 fully saturated rings. The quantitative estimate of drug-likeness (QED) is 0.775. The van der Waals surface area contributed by atoms with E-state index in [-0.39, 0.29) is 0 Å². The molecule has 0 unspecified atom stereocenters. The van der Waals surface area contributed by atoms with Gasteiger partial charge in [0.2, 0.25) is 6.29 Å². The normalized spacial score (nSPS) is 10.6. The van der Waals surface area contributed by atoms with Crippen molar-refractivity contribution >= 4 is 28.3 Å². The van der Waals surface area contributed by atoms with Crippen LogP contribution in [0.2, 0.25) is 0 Å². The van der Waals surface area contributed by atoms with E-state index in [0.717, 1.165) is 21.3 Å². The molecule has 0 heterocycles. The summed E-state index contributed by atoms with van der Waals surface area (Å²) in [4.78, 5) is 10.3. The Bertz CT molecular complexity index is 577. The van der Waals surface area contributed by atoms with Gasteiger partial charge in [-0.25, -0.2) is 0 Å². The summed E-state index contributed by atoms with van der Waals surface area (Å²) in [5.74, 6) is 0.735. The topological polar surface area (TPSA) is 26.3 Å². The highest BCUT2D eigenvalue weighted by Gasteiger charge is 2.02. The molecule has 3 heteroatoms. The van der Waals surface area contributed by atoms with E-state index in [1.807, 2.05) is 48.5 Å². The van der Waals surface area contributed by atoms with Gasteiger partial charge >= 0.3 is 0 Å². The zero-order valence-electron chi connectivity index (χ0n) is 10.2. The van der Waals surface area contributed by atoms with Crippen molar-refractivity contribution in [1.82, 2.24) is 0 Å². The minimum atomic E-state index is 0.494. The lowest BCUT2D eigenvalue weighted by Crippen LogP contribution is -1.96. The van der Waals surface area contributed by atoms with E-state index in [2.05, 4.69) is 15.9 Å². The Balaban J connectivity index is 2.15. The lowest BCUT2D eigenvalue weighted by molar-refractivity contribution is 0.305. The summed E-state index contributed by atoms with van der Waals surface area (Å²) in [5.41, 5.74) is 1.94. The summed E-state index contributed by atoms with van der Waals surface area (Å²) in [7, 11) is 0. The number of halogens is 1. The summed E-state index contributed by atoms with van der Waals surface area (Å²) in [6.07, 6.45) is 4.74. The van der Waals surface area contributed by atoms with Gasteiger partial charge in [-0.3, -0.25) is 4.79 Å². The highest BCUT2D eigenvalue weighted by molar-refractivity contribution is 9.10. The second-order valence-corrected chi connectivity index (χ2v) is 4.82. The van der Waals surface area contributed by atoms with Crippen LogP contribution in [0.5, 0.6) is 5.75 Å². The third-order valence-electron chi connectivity index (χ3n) is 2.54. The number of ether oxygens (including phenoxy) is 1. The first-order valence-corrected chi connectivity index (χ1v) is 6.59. The molecule has 2 nitrogen and oxygen atoms in total. The summed E-state index contributed by atoms with van der Waals surface area (Å²) < 4.78 is 6.71. The number of benzene rings is 2. The van der Waals surface area contributed by atoms with Gasteiger partial charge in [0, 0.05) is 10.0 Å². The fourth-order valence-electron chi connectivity index (χ4n) is 1.64. The smallest absolute Gasteiger partial charge is 0.225 e. The fourth-order valence-corrected chi connectivity index (χ4v) is 2.02. The van der Waals surface area contributed by atoms with Crippen molar-refractivity contribution in [3.63, 3.8) is 0 Å². The van der Waals surface area contributed by atoms with Gasteiger partial charge in [-0.1, -0.05) is 46.3 Å². The Kier molecular flexibility index (Phi) is 4.93. The number of carbonyl (C=O) groups excluding carboxylic acids is 1. The highest BCUT2D eigenvalue weighted by atomic mass is 79.9. The van der Waals surface area contributed by atoms with E-state index >= 15 is 0 Å². The molecule has 0 N–H and O–H groups in total. The van der Waals surface area contributed by atoms with Gasteiger partial charge in [0.25, 0.3) is 0 Å². The van der Waals surface area contributed by atoms with Crippen molar-refractivity contribution in [2.45, 2.75) is 6.61 Å². The molecule has 0 aliphatic heterocycles. The minimum Gasteiger partial charge on any atom is -0.488 e. The van der Waals surface area contributed by atoms with Crippen LogP contribution in [0, 0.1) is 0 Å². The molecule has 2 rings (SSSR count). The molecular weight excluding hydrogens is 304 g/mol. The van der Waals surface area contributed by atoms with Gasteiger partial charge in [0.05, 0.1) is 0 Å². The first-order chi connectivity index (χ1) is 9.29. The van der Waals surface area contributed by atoms with Crippen molar-refractivity contribution in [2.75, 3.05) is 0 Å². The first kappa shape index (κ1) is 13.6.